The van der Waals surface area contributed by atoms with E-state index in [0.29, 0.717) is 0 Å². The zero-order valence-electron chi connectivity index (χ0n) is 1.02. The summed E-state index contributed by atoms with van der Waals surface area (Å²) in [7, 11) is 0. The molecule has 0 spiro atoms. The summed E-state index contributed by atoms with van der Waals surface area (Å²) >= 11 is 3.73. The van der Waals surface area contributed by atoms with Crippen molar-refractivity contribution in [2.45, 2.75) is 0 Å². The van der Waals surface area contributed by atoms with E-state index >= 15 is 0 Å². The van der Waals surface area contributed by atoms with Crippen LogP contribution < -0.4 is 0 Å². The molecular formula is H8BaGaSbSe. The van der Waals surface area contributed by atoms with E-state index in [2.05, 4.69) is 12.7 Å². The van der Waals surface area contributed by atoms with Crippen LogP contribution in [-0.4, -0.2) is 102 Å². The van der Waals surface area contributed by atoms with Gasteiger partial charge in [0.15, 0.2) is 0 Å². The average molecular weight is 416 g/mol. The summed E-state index contributed by atoms with van der Waals surface area (Å²) in [6, 6.07) is 0. The quantitative estimate of drug-likeness (QED) is 0.358. The molecule has 4 heavy (non-hydrogen) atoms. The molecule has 0 saturated heterocycles. The van der Waals surface area contributed by atoms with Gasteiger partial charge in [0.2, 0.25) is 0 Å². The first-order valence-corrected chi connectivity index (χ1v) is 9.00. The van der Waals surface area contributed by atoms with Gasteiger partial charge >= 0.3 is 102 Å². The van der Waals surface area contributed by atoms with E-state index < -0.39 is 0 Å². The first-order chi connectivity index (χ1) is 1.00. The molecule has 0 saturated carbocycles. The van der Waals surface area contributed by atoms with Gasteiger partial charge in [0.05, 0.1) is 0 Å². The van der Waals surface area contributed by atoms with Crippen LogP contribution in [0.3, 0.4) is 0 Å². The average Bonchev–Trinajstić information content (AvgIpc) is 1.00. The molecule has 0 aromatic rings. The van der Waals surface area contributed by atoms with Gasteiger partial charge in [-0.15, -0.1) is 0 Å². The summed E-state index contributed by atoms with van der Waals surface area (Å²) in [4.78, 5) is 0. The Labute approximate surface area is 99.2 Å². The molecule has 0 aromatic carbocycles. The molecule has 0 radical (unpaired) electrons. The number of hydrogen-bond acceptors (Lipinski definition) is 0. The standard InChI is InChI=1S/Ba.Ga.Sb.H2Se.7H/h;;;1H2;;;;;;;/q;;+1;;;;;;;;/p-1. The molecule has 0 N–H and O–H groups in total. The van der Waals surface area contributed by atoms with Gasteiger partial charge in [-0.05, 0) is 0 Å². The van der Waals surface area contributed by atoms with Crippen LogP contribution in [0.5, 0.6) is 0 Å². The Hall–Kier alpha value is 3.55. The Balaban J connectivity index is -0.00000000500. The summed E-state index contributed by atoms with van der Waals surface area (Å²) in [5, 5.41) is 0. The normalized spacial score (nSPS) is 1.50. The van der Waals surface area contributed by atoms with Gasteiger partial charge in [-0.2, -0.15) is 0 Å². The summed E-state index contributed by atoms with van der Waals surface area (Å²) < 4.78 is 0. The van der Waals surface area contributed by atoms with Crippen molar-refractivity contribution in [2.75, 3.05) is 0 Å². The van der Waals surface area contributed by atoms with Crippen molar-refractivity contribution in [1.82, 2.24) is 0 Å². The van der Waals surface area contributed by atoms with Crippen LogP contribution in [0.15, 0.2) is 0 Å². The fourth-order valence-electron chi connectivity index (χ4n) is 0. The Kier molecular flexibility index (Phi) is 62.6. The molecule has 0 atom stereocenters. The summed E-state index contributed by atoms with van der Waals surface area (Å²) in [5.74, 6) is 0. The molecule has 0 aliphatic rings. The van der Waals surface area contributed by atoms with Crippen LogP contribution in [0.4, 0.5) is 0 Å². The molecule has 0 rings (SSSR count). The number of hydrogen-bond donors (Lipinski definition) is 0. The third-order valence-electron chi connectivity index (χ3n) is 0. The Bertz CT molecular complexity index is 8.00. The predicted molar refractivity (Wildman–Crippen MR) is 34.2 cm³/mol. The van der Waals surface area contributed by atoms with Crippen molar-refractivity contribution >= 4 is 102 Å². The summed E-state index contributed by atoms with van der Waals surface area (Å²) in [5.41, 5.74) is 0. The minimum atomic E-state index is 0. The zero-order valence-corrected chi connectivity index (χ0v) is 6.20. The van der Waals surface area contributed by atoms with Crippen LogP contribution in [0.25, 0.3) is 0 Å². The first-order valence-electron chi connectivity index (χ1n) is 0.258. The SMILES string of the molecule is [BaH2].[GaH3].[SeH][SbH2]. The molecule has 0 nitrogen and oxygen atoms in total. The molecule has 0 heterocycles. The van der Waals surface area contributed by atoms with Crippen LogP contribution >= 0.6 is 0 Å². The fraction of sp³-hybridized carbons (Fsp3) is 0. The van der Waals surface area contributed by atoms with Crippen molar-refractivity contribution in [2.24, 2.45) is 0 Å². The fourth-order valence-corrected chi connectivity index (χ4v) is 0. The second-order valence-electron chi connectivity index (χ2n) is 0. The van der Waals surface area contributed by atoms with E-state index in [4.69, 9.17) is 0 Å². The maximum absolute atomic E-state index is 2.44. The van der Waals surface area contributed by atoms with Gasteiger partial charge in [-0.1, -0.05) is 0 Å². The Morgan fingerprint density at radius 1 is 1.25 bits per heavy atom. The molecule has 0 unspecified atom stereocenters. The second kappa shape index (κ2) is 16.0. The van der Waals surface area contributed by atoms with Crippen LogP contribution in [0.2, 0.25) is 0 Å². The minimum absolute atomic E-state index is 0. The van der Waals surface area contributed by atoms with E-state index in [-0.39, 0.29) is 68.7 Å². The van der Waals surface area contributed by atoms with Gasteiger partial charge in [0, 0.05) is 0 Å². The zero-order chi connectivity index (χ0) is 2.00. The first kappa shape index (κ1) is 15.6. The van der Waals surface area contributed by atoms with E-state index in [9.17, 15) is 0 Å². The monoisotopic (exact) mass is 416 g/mol. The predicted octanol–water partition coefficient (Wildman–Crippen LogP) is -3.66. The molecule has 0 aliphatic heterocycles. The Morgan fingerprint density at radius 3 is 1.25 bits per heavy atom. The van der Waals surface area contributed by atoms with Gasteiger partial charge < -0.3 is 0 Å². The van der Waals surface area contributed by atoms with Crippen molar-refractivity contribution in [3.8, 4) is 0 Å². The summed E-state index contributed by atoms with van der Waals surface area (Å²) in [6.07, 6.45) is 0. The molecule has 0 amide bonds. The molecular weight excluding hydrogens is 408 g/mol. The van der Waals surface area contributed by atoms with E-state index in [0.717, 1.165) is 0 Å². The van der Waals surface area contributed by atoms with E-state index in [1.54, 1.807) is 0 Å². The molecule has 0 fully saturated rings. The Morgan fingerprint density at radius 2 is 1.25 bits per heavy atom. The van der Waals surface area contributed by atoms with E-state index in [1.807, 2.05) is 0 Å². The van der Waals surface area contributed by atoms with Crippen molar-refractivity contribution < 1.29 is 0 Å². The number of rotatable bonds is 0. The van der Waals surface area contributed by atoms with Crippen LogP contribution in [0, 0.1) is 0 Å². The molecule has 0 bridgehead atoms. The van der Waals surface area contributed by atoms with Gasteiger partial charge in [-0.25, -0.2) is 0 Å². The maximum atomic E-state index is 2.44. The van der Waals surface area contributed by atoms with Gasteiger partial charge in [-0.3, -0.25) is 0 Å². The van der Waals surface area contributed by atoms with Crippen molar-refractivity contribution in [1.29, 1.82) is 0 Å². The summed E-state index contributed by atoms with van der Waals surface area (Å²) in [6.45, 7) is 0. The van der Waals surface area contributed by atoms with Gasteiger partial charge in [0.25, 0.3) is 0 Å². The van der Waals surface area contributed by atoms with Crippen molar-refractivity contribution in [3.05, 3.63) is 0 Å². The molecule has 4 heteroatoms. The second-order valence-corrected chi connectivity index (χ2v) is 0. The molecule has 0 aromatic heterocycles. The van der Waals surface area contributed by atoms with Gasteiger partial charge in [0.1, 0.15) is 0 Å². The van der Waals surface area contributed by atoms with Crippen molar-refractivity contribution in [3.63, 3.8) is 0 Å². The third kappa shape index (κ3) is 9.11. The third-order valence-corrected chi connectivity index (χ3v) is 0. The topological polar surface area (TPSA) is 0 Å². The molecule has 24 valence electrons. The molecule has 0 aliphatic carbocycles. The van der Waals surface area contributed by atoms with E-state index in [1.165, 1.54) is 20.7 Å². The van der Waals surface area contributed by atoms with Crippen LogP contribution in [0.1, 0.15) is 0 Å². The van der Waals surface area contributed by atoms with Crippen LogP contribution in [-0.2, 0) is 0 Å².